The number of piperidine rings is 1. The molecule has 1 aromatic rings. The number of ether oxygens (including phenoxy) is 1. The van der Waals surface area contributed by atoms with Crippen LogP contribution in [0.3, 0.4) is 0 Å². The van der Waals surface area contributed by atoms with Gasteiger partial charge in [-0.15, -0.1) is 0 Å². The van der Waals surface area contributed by atoms with Crippen molar-refractivity contribution in [3.63, 3.8) is 0 Å². The van der Waals surface area contributed by atoms with Gasteiger partial charge in [0, 0.05) is 10.7 Å². The van der Waals surface area contributed by atoms with E-state index in [2.05, 4.69) is 10.6 Å². The predicted octanol–water partition coefficient (Wildman–Crippen LogP) is 4.23. The minimum atomic E-state index is -0.506. The molecule has 2 rings (SSSR count). The van der Waals surface area contributed by atoms with Gasteiger partial charge in [0.15, 0.2) is 0 Å². The molecule has 5 heteroatoms. The monoisotopic (exact) mass is 324 g/mol. The molecule has 0 atom stereocenters. The molecule has 0 saturated carbocycles. The number of hydrogen-bond donors (Lipinski definition) is 2. The molecule has 22 heavy (non-hydrogen) atoms. The molecule has 0 aromatic heterocycles. The van der Waals surface area contributed by atoms with E-state index in [9.17, 15) is 4.79 Å². The van der Waals surface area contributed by atoms with Crippen LogP contribution in [-0.2, 0) is 11.2 Å². The van der Waals surface area contributed by atoms with E-state index in [-0.39, 0.29) is 0 Å². The van der Waals surface area contributed by atoms with Gasteiger partial charge >= 0.3 is 6.09 Å². The molecule has 1 amide bonds. The minimum absolute atomic E-state index is 0.442. The molecule has 0 aliphatic carbocycles. The first-order valence-corrected chi connectivity index (χ1v) is 8.20. The van der Waals surface area contributed by atoms with Gasteiger partial charge in [-0.05, 0) is 82.8 Å². The molecule has 0 unspecified atom stereocenters. The second-order valence-electron chi connectivity index (χ2n) is 6.83. The average Bonchev–Trinajstić information content (AvgIpc) is 2.41. The van der Waals surface area contributed by atoms with Crippen LogP contribution < -0.4 is 10.6 Å². The Hall–Kier alpha value is -1.26. The highest BCUT2D eigenvalue weighted by atomic mass is 35.5. The summed E-state index contributed by atoms with van der Waals surface area (Å²) in [6.45, 7) is 7.67. The minimum Gasteiger partial charge on any atom is -0.444 e. The summed E-state index contributed by atoms with van der Waals surface area (Å²) < 4.78 is 5.27. The van der Waals surface area contributed by atoms with Gasteiger partial charge in [0.1, 0.15) is 5.60 Å². The molecule has 122 valence electrons. The van der Waals surface area contributed by atoms with Crippen LogP contribution in [0.5, 0.6) is 0 Å². The lowest BCUT2D eigenvalue weighted by atomic mass is 9.91. The second kappa shape index (κ2) is 7.34. The van der Waals surface area contributed by atoms with Gasteiger partial charge in [-0.1, -0.05) is 11.6 Å². The maximum absolute atomic E-state index is 11.8. The topological polar surface area (TPSA) is 50.4 Å². The Morgan fingerprint density at radius 2 is 2.05 bits per heavy atom. The molecule has 1 heterocycles. The molecule has 0 bridgehead atoms. The van der Waals surface area contributed by atoms with Gasteiger partial charge in [0.2, 0.25) is 0 Å². The van der Waals surface area contributed by atoms with E-state index < -0.39 is 11.7 Å². The van der Waals surface area contributed by atoms with E-state index in [0.29, 0.717) is 5.92 Å². The number of carbonyl (C=O) groups excluding carboxylic acids is 1. The summed E-state index contributed by atoms with van der Waals surface area (Å²) >= 11 is 6.30. The number of nitrogens with one attached hydrogen (secondary N) is 2. The third-order valence-electron chi connectivity index (χ3n) is 3.66. The highest BCUT2D eigenvalue weighted by molar-refractivity contribution is 6.31. The van der Waals surface area contributed by atoms with Crippen molar-refractivity contribution in [1.29, 1.82) is 0 Å². The Balaban J connectivity index is 2.01. The number of halogens is 1. The highest BCUT2D eigenvalue weighted by Gasteiger charge is 2.18. The standard InChI is InChI=1S/C17H25ClN2O2/c1-17(2,3)22-16(21)20-14-4-5-15(18)13(11-14)10-12-6-8-19-9-7-12/h4-5,11-12,19H,6-10H2,1-3H3,(H,20,21). The molecule has 1 fully saturated rings. The molecular formula is C17H25ClN2O2. The first kappa shape index (κ1) is 17.1. The molecular weight excluding hydrogens is 300 g/mol. The normalized spacial score (nSPS) is 16.4. The van der Waals surface area contributed by atoms with Crippen LogP contribution in [0.1, 0.15) is 39.2 Å². The van der Waals surface area contributed by atoms with Crippen LogP contribution in [0, 0.1) is 5.92 Å². The lowest BCUT2D eigenvalue weighted by Gasteiger charge is -2.23. The highest BCUT2D eigenvalue weighted by Crippen LogP contribution is 2.26. The predicted molar refractivity (Wildman–Crippen MR) is 90.6 cm³/mol. The van der Waals surface area contributed by atoms with E-state index in [1.807, 2.05) is 32.9 Å². The summed E-state index contributed by atoms with van der Waals surface area (Å²) in [4.78, 5) is 11.8. The Morgan fingerprint density at radius 3 is 2.68 bits per heavy atom. The van der Waals surface area contributed by atoms with Gasteiger partial charge in [-0.2, -0.15) is 0 Å². The largest absolute Gasteiger partial charge is 0.444 e. The van der Waals surface area contributed by atoms with E-state index in [1.165, 1.54) is 12.8 Å². The summed E-state index contributed by atoms with van der Waals surface area (Å²) in [5.41, 5.74) is 1.30. The fraction of sp³-hybridized carbons (Fsp3) is 0.588. The molecule has 0 spiro atoms. The Bertz CT molecular complexity index is 520. The molecule has 1 aliphatic rings. The van der Waals surface area contributed by atoms with Crippen LogP contribution in [0.2, 0.25) is 5.02 Å². The fourth-order valence-electron chi connectivity index (χ4n) is 2.63. The SMILES string of the molecule is CC(C)(C)OC(=O)Nc1ccc(Cl)c(CC2CCNCC2)c1. The molecule has 0 radical (unpaired) electrons. The summed E-state index contributed by atoms with van der Waals surface area (Å²) in [6.07, 6.45) is 2.84. The van der Waals surface area contributed by atoms with E-state index in [1.54, 1.807) is 6.07 Å². The third-order valence-corrected chi connectivity index (χ3v) is 4.03. The van der Waals surface area contributed by atoms with Crippen molar-refractivity contribution in [2.24, 2.45) is 5.92 Å². The van der Waals surface area contributed by atoms with E-state index >= 15 is 0 Å². The summed E-state index contributed by atoms with van der Waals surface area (Å²) in [5, 5.41) is 6.90. The molecule has 2 N–H and O–H groups in total. The summed E-state index contributed by atoms with van der Waals surface area (Å²) in [5.74, 6) is 0.649. The van der Waals surface area contributed by atoms with E-state index in [4.69, 9.17) is 16.3 Å². The summed E-state index contributed by atoms with van der Waals surface area (Å²) in [6, 6.07) is 5.59. The second-order valence-corrected chi connectivity index (χ2v) is 7.24. The Labute approximate surface area is 137 Å². The average molecular weight is 325 g/mol. The lowest BCUT2D eigenvalue weighted by molar-refractivity contribution is 0.0636. The van der Waals surface area contributed by atoms with Gasteiger partial charge in [0.05, 0.1) is 0 Å². The first-order chi connectivity index (χ1) is 10.3. The van der Waals surface area contributed by atoms with Crippen LogP contribution in [-0.4, -0.2) is 24.8 Å². The first-order valence-electron chi connectivity index (χ1n) is 7.82. The number of carbonyl (C=O) groups is 1. The fourth-order valence-corrected chi connectivity index (χ4v) is 2.82. The zero-order valence-electron chi connectivity index (χ0n) is 13.5. The van der Waals surface area contributed by atoms with Gasteiger partial charge in [-0.3, -0.25) is 5.32 Å². The van der Waals surface area contributed by atoms with Crippen LogP contribution in [0.15, 0.2) is 18.2 Å². The lowest BCUT2D eigenvalue weighted by Crippen LogP contribution is -2.28. The number of amides is 1. The number of hydrogen-bond acceptors (Lipinski definition) is 3. The van der Waals surface area contributed by atoms with Crippen molar-refractivity contribution >= 4 is 23.4 Å². The maximum Gasteiger partial charge on any atom is 0.412 e. The van der Waals surface area contributed by atoms with Crippen molar-refractivity contribution in [3.05, 3.63) is 28.8 Å². The molecule has 1 saturated heterocycles. The van der Waals surface area contributed by atoms with Crippen molar-refractivity contribution in [3.8, 4) is 0 Å². The van der Waals surface area contributed by atoms with Crippen LogP contribution in [0.4, 0.5) is 10.5 Å². The summed E-state index contributed by atoms with van der Waals surface area (Å²) in [7, 11) is 0. The molecule has 1 aromatic carbocycles. The quantitative estimate of drug-likeness (QED) is 0.874. The number of rotatable bonds is 3. The van der Waals surface area contributed by atoms with Crippen molar-refractivity contribution in [2.75, 3.05) is 18.4 Å². The van der Waals surface area contributed by atoms with Gasteiger partial charge < -0.3 is 10.1 Å². The van der Waals surface area contributed by atoms with Crippen molar-refractivity contribution in [1.82, 2.24) is 5.32 Å². The van der Waals surface area contributed by atoms with Gasteiger partial charge in [-0.25, -0.2) is 4.79 Å². The zero-order chi connectivity index (χ0) is 16.2. The van der Waals surface area contributed by atoms with Gasteiger partial charge in [0.25, 0.3) is 0 Å². The van der Waals surface area contributed by atoms with Crippen molar-refractivity contribution < 1.29 is 9.53 Å². The van der Waals surface area contributed by atoms with E-state index in [0.717, 1.165) is 35.8 Å². The Morgan fingerprint density at radius 1 is 1.36 bits per heavy atom. The zero-order valence-corrected chi connectivity index (χ0v) is 14.3. The van der Waals surface area contributed by atoms with Crippen LogP contribution in [0.25, 0.3) is 0 Å². The molecule has 4 nitrogen and oxygen atoms in total. The number of anilines is 1. The van der Waals surface area contributed by atoms with Crippen molar-refractivity contribution in [2.45, 2.75) is 45.6 Å². The molecule has 1 aliphatic heterocycles. The third kappa shape index (κ3) is 5.50. The maximum atomic E-state index is 11.8. The number of benzene rings is 1. The Kier molecular flexibility index (Phi) is 5.70. The smallest absolute Gasteiger partial charge is 0.412 e. The van der Waals surface area contributed by atoms with Crippen LogP contribution >= 0.6 is 11.6 Å².